The van der Waals surface area contributed by atoms with E-state index in [1.165, 1.54) is 0 Å². The number of amides is 2. The van der Waals surface area contributed by atoms with E-state index >= 15 is 0 Å². The lowest BCUT2D eigenvalue weighted by molar-refractivity contribution is -0.144. The Kier molecular flexibility index (Phi) is 9.77. The maximum atomic E-state index is 11.0. The molecule has 1 aromatic carbocycles. The second kappa shape index (κ2) is 11.0. The molecular weight excluding hydrogens is 248 g/mol. The molecule has 106 valence electrons. The average Bonchev–Trinajstić information content (AvgIpc) is 2.46. The maximum absolute atomic E-state index is 11.0. The molecule has 0 heterocycles. The summed E-state index contributed by atoms with van der Waals surface area (Å²) in [6, 6.07) is 9.09. The highest BCUT2D eigenvalue weighted by atomic mass is 16.5. The summed E-state index contributed by atoms with van der Waals surface area (Å²) >= 11 is 0. The van der Waals surface area contributed by atoms with Crippen LogP contribution in [0.3, 0.4) is 0 Å². The molecule has 2 amide bonds. The van der Waals surface area contributed by atoms with Crippen LogP contribution in [0.25, 0.3) is 0 Å². The number of nitrogens with two attached hydrogens (primary N) is 2. The quantitative estimate of drug-likeness (QED) is 0.275. The van der Waals surface area contributed by atoms with Gasteiger partial charge in [-0.15, -0.1) is 0 Å². The number of ether oxygens (including phenoxy) is 1. The molecule has 1 aromatic rings. The van der Waals surface area contributed by atoms with Crippen LogP contribution in [0.4, 0.5) is 4.79 Å². The van der Waals surface area contributed by atoms with Crippen LogP contribution in [0.2, 0.25) is 0 Å². The molecule has 0 fully saturated rings. The average molecular weight is 268 g/mol. The molecule has 0 unspecified atom stereocenters. The second-order valence-electron chi connectivity index (χ2n) is 3.51. The van der Waals surface area contributed by atoms with Crippen LogP contribution in [-0.4, -0.2) is 12.0 Å². The Labute approximate surface area is 112 Å². The summed E-state index contributed by atoms with van der Waals surface area (Å²) in [5, 5.41) is 0. The van der Waals surface area contributed by atoms with E-state index in [-0.39, 0.29) is 5.97 Å². The van der Waals surface area contributed by atoms with Crippen molar-refractivity contribution in [2.45, 2.75) is 26.4 Å². The molecule has 0 aliphatic heterocycles. The Balaban J connectivity index is 0.000000459. The fraction of sp³-hybridized carbons (Fsp3) is 0.333. The summed E-state index contributed by atoms with van der Waals surface area (Å²) in [7, 11) is 0. The van der Waals surface area contributed by atoms with Gasteiger partial charge in [0.2, 0.25) is 0 Å². The largest absolute Gasteiger partial charge is 0.461 e. The van der Waals surface area contributed by atoms with Crippen LogP contribution in [-0.2, 0) is 16.1 Å². The summed E-state index contributed by atoms with van der Waals surface area (Å²) < 4.78 is 5.03. The van der Waals surface area contributed by atoms with Gasteiger partial charge in [-0.2, -0.15) is 0 Å². The van der Waals surface area contributed by atoms with Crippen LogP contribution < -0.4 is 22.5 Å². The van der Waals surface area contributed by atoms with Gasteiger partial charge >= 0.3 is 12.0 Å². The predicted octanol–water partition coefficient (Wildman–Crippen LogP) is 0.563. The zero-order chi connectivity index (χ0) is 14.5. The molecule has 0 aliphatic carbocycles. The maximum Gasteiger partial charge on any atom is 0.343 e. The van der Waals surface area contributed by atoms with Gasteiger partial charge in [0.25, 0.3) is 0 Å². The minimum absolute atomic E-state index is 0.119. The zero-order valence-corrected chi connectivity index (χ0v) is 10.9. The monoisotopic (exact) mass is 268 g/mol. The van der Waals surface area contributed by atoms with Gasteiger partial charge in [0, 0.05) is 6.42 Å². The van der Waals surface area contributed by atoms with Gasteiger partial charge in [-0.05, 0) is 12.0 Å². The third-order valence-electron chi connectivity index (χ3n) is 1.96. The van der Waals surface area contributed by atoms with E-state index in [0.29, 0.717) is 13.0 Å². The van der Waals surface area contributed by atoms with Crippen molar-refractivity contribution in [3.05, 3.63) is 35.9 Å². The number of nitrogens with one attached hydrogen (secondary N) is 2. The molecule has 0 aromatic heterocycles. The van der Waals surface area contributed by atoms with Crippen molar-refractivity contribution in [3.8, 4) is 0 Å². The van der Waals surface area contributed by atoms with E-state index in [2.05, 4.69) is 11.7 Å². The van der Waals surface area contributed by atoms with Gasteiger partial charge in [0.1, 0.15) is 6.61 Å². The van der Waals surface area contributed by atoms with Crippen molar-refractivity contribution < 1.29 is 14.3 Å². The van der Waals surface area contributed by atoms with E-state index in [0.717, 1.165) is 12.0 Å². The molecule has 0 saturated carbocycles. The first-order valence-electron chi connectivity index (χ1n) is 5.80. The molecule has 0 aliphatic rings. The number of esters is 1. The first kappa shape index (κ1) is 16.9. The summed E-state index contributed by atoms with van der Waals surface area (Å²) in [5.74, 6) is 8.96. The first-order valence-corrected chi connectivity index (χ1v) is 5.80. The Morgan fingerprint density at radius 1 is 1.16 bits per heavy atom. The van der Waals surface area contributed by atoms with E-state index in [9.17, 15) is 9.59 Å². The Hall–Kier alpha value is -2.12. The molecule has 0 bridgehead atoms. The van der Waals surface area contributed by atoms with Gasteiger partial charge in [-0.3, -0.25) is 15.6 Å². The molecule has 1 rings (SSSR count). The fourth-order valence-corrected chi connectivity index (χ4v) is 1.06. The molecule has 19 heavy (non-hydrogen) atoms. The van der Waals surface area contributed by atoms with Crippen LogP contribution >= 0.6 is 0 Å². The number of hydrogen-bond donors (Lipinski definition) is 4. The summed E-state index contributed by atoms with van der Waals surface area (Å²) in [6.07, 6.45) is 1.35. The molecule has 0 atom stereocenters. The molecule has 7 nitrogen and oxygen atoms in total. The molecule has 0 saturated heterocycles. The van der Waals surface area contributed by atoms with Crippen LogP contribution in [0.15, 0.2) is 30.3 Å². The van der Waals surface area contributed by atoms with Gasteiger partial charge in [-0.1, -0.05) is 37.3 Å². The minimum atomic E-state index is -0.602. The molecule has 0 spiro atoms. The third kappa shape index (κ3) is 9.57. The minimum Gasteiger partial charge on any atom is -0.461 e. The van der Waals surface area contributed by atoms with Crippen LogP contribution in [0.1, 0.15) is 25.3 Å². The number of rotatable bonds is 4. The Morgan fingerprint density at radius 3 is 2.16 bits per heavy atom. The smallest absolute Gasteiger partial charge is 0.343 e. The standard InChI is InChI=1S/C11H14O2.CH6N4O/c1-2-6-11(12)13-9-10-7-4-3-5-8-10;2-4-1(6)5-3/h3-5,7-8H,2,6,9H2,1H3;2-3H2,(H2,4,5,6). The number of carbonyl (C=O) groups excluding carboxylic acids is 2. The summed E-state index contributed by atoms with van der Waals surface area (Å²) in [4.78, 5) is 20.7. The van der Waals surface area contributed by atoms with Gasteiger partial charge in [-0.25, -0.2) is 16.5 Å². The van der Waals surface area contributed by atoms with Crippen LogP contribution in [0.5, 0.6) is 0 Å². The highest BCUT2D eigenvalue weighted by Crippen LogP contribution is 2.02. The van der Waals surface area contributed by atoms with Crippen molar-refractivity contribution in [1.29, 1.82) is 0 Å². The highest BCUT2D eigenvalue weighted by molar-refractivity contribution is 5.72. The first-order chi connectivity index (χ1) is 9.13. The van der Waals surface area contributed by atoms with Crippen LogP contribution in [0, 0.1) is 0 Å². The third-order valence-corrected chi connectivity index (χ3v) is 1.96. The Morgan fingerprint density at radius 2 is 1.74 bits per heavy atom. The normalized spacial score (nSPS) is 8.79. The zero-order valence-electron chi connectivity index (χ0n) is 10.9. The molecular formula is C12H20N4O3. The predicted molar refractivity (Wildman–Crippen MR) is 71.2 cm³/mol. The summed E-state index contributed by atoms with van der Waals surface area (Å²) in [6.45, 7) is 2.35. The Bertz CT molecular complexity index is 364. The topological polar surface area (TPSA) is 119 Å². The number of hydrogen-bond acceptors (Lipinski definition) is 5. The van der Waals surface area contributed by atoms with Crippen molar-refractivity contribution in [2.75, 3.05) is 0 Å². The van der Waals surface area contributed by atoms with Gasteiger partial charge in [0.05, 0.1) is 0 Å². The lowest BCUT2D eigenvalue weighted by Gasteiger charge is -2.02. The number of benzene rings is 1. The van der Waals surface area contributed by atoms with Crippen molar-refractivity contribution in [1.82, 2.24) is 10.9 Å². The van der Waals surface area contributed by atoms with E-state index < -0.39 is 6.03 Å². The number of hydrazine groups is 2. The van der Waals surface area contributed by atoms with Crippen molar-refractivity contribution >= 4 is 12.0 Å². The van der Waals surface area contributed by atoms with Gasteiger partial charge < -0.3 is 4.74 Å². The number of urea groups is 1. The lowest BCUT2D eigenvalue weighted by Crippen LogP contribution is -2.43. The molecule has 7 heteroatoms. The van der Waals surface area contributed by atoms with E-state index in [1.807, 2.05) is 37.3 Å². The van der Waals surface area contributed by atoms with E-state index in [1.54, 1.807) is 10.9 Å². The number of carbonyl (C=O) groups is 2. The van der Waals surface area contributed by atoms with Crippen molar-refractivity contribution in [2.24, 2.45) is 11.7 Å². The fourth-order valence-electron chi connectivity index (χ4n) is 1.06. The van der Waals surface area contributed by atoms with E-state index in [4.69, 9.17) is 4.74 Å². The lowest BCUT2D eigenvalue weighted by atomic mass is 10.2. The van der Waals surface area contributed by atoms with Crippen molar-refractivity contribution in [3.63, 3.8) is 0 Å². The molecule has 0 radical (unpaired) electrons. The van der Waals surface area contributed by atoms with Gasteiger partial charge in [0.15, 0.2) is 0 Å². The molecule has 6 N–H and O–H groups in total. The highest BCUT2D eigenvalue weighted by Gasteiger charge is 2.00. The SMILES string of the molecule is CCCC(=O)OCc1ccccc1.NNC(=O)NN. The second-order valence-corrected chi connectivity index (χ2v) is 3.51. The summed E-state index contributed by atoms with van der Waals surface area (Å²) in [5.41, 5.74) is 4.51.